The highest BCUT2D eigenvalue weighted by Gasteiger charge is 2.54. The van der Waals surface area contributed by atoms with Crippen LogP contribution in [0.15, 0.2) is 12.2 Å². The van der Waals surface area contributed by atoms with Crippen molar-refractivity contribution in [3.63, 3.8) is 0 Å². The minimum Gasteiger partial charge on any atom is -0.394 e. The van der Waals surface area contributed by atoms with Crippen LogP contribution in [0.3, 0.4) is 0 Å². The van der Waals surface area contributed by atoms with E-state index >= 15 is 0 Å². The van der Waals surface area contributed by atoms with Gasteiger partial charge < -0.3 is 89.9 Å². The van der Waals surface area contributed by atoms with Crippen molar-refractivity contribution in [1.29, 1.82) is 0 Å². The van der Waals surface area contributed by atoms with E-state index in [4.69, 9.17) is 28.4 Å². The summed E-state index contributed by atoms with van der Waals surface area (Å²) in [4.78, 5) is 13.4. The quantitative estimate of drug-likeness (QED) is 0.0199. The lowest BCUT2D eigenvalue weighted by Crippen LogP contribution is -2.66. The van der Waals surface area contributed by atoms with Crippen LogP contribution in [0.2, 0.25) is 0 Å². The molecule has 17 atom stereocenters. The Kier molecular flexibility index (Phi) is 52.8. The van der Waals surface area contributed by atoms with E-state index in [0.717, 1.165) is 57.8 Å². The van der Waals surface area contributed by atoms with E-state index in [1.807, 2.05) is 0 Å². The number of aliphatic hydroxyl groups excluding tert-OH is 11. The molecule has 0 aromatic heterocycles. The molecule has 0 aliphatic carbocycles. The van der Waals surface area contributed by atoms with Crippen LogP contribution in [-0.2, 0) is 33.2 Å². The summed E-state index contributed by atoms with van der Waals surface area (Å²) in [6.45, 7) is 1.84. The van der Waals surface area contributed by atoms with Crippen molar-refractivity contribution in [3.8, 4) is 0 Å². The minimum atomic E-state index is -1.97. The molecule has 0 bridgehead atoms. The van der Waals surface area contributed by atoms with E-state index < -0.39 is 124 Å². The van der Waals surface area contributed by atoms with Crippen LogP contribution in [-0.4, -0.2) is 193 Å². The fourth-order valence-corrected chi connectivity index (χ4v) is 13.5. The second-order valence-electron chi connectivity index (χ2n) is 28.2. The number of aliphatic hydroxyl groups is 11. The molecule has 17 unspecified atom stereocenters. The highest BCUT2D eigenvalue weighted by molar-refractivity contribution is 5.76. The fraction of sp³-hybridized carbons (Fsp3) is 0.960. The standard InChI is InChI=1S/C75H143NO18/c1-3-5-7-9-11-13-15-17-19-21-23-24-25-26-27-28-29-30-31-32-33-34-35-36-38-40-42-44-46-48-50-52-59(80)58(76-63(81)53-51-49-47-45-43-41-39-37-22-20-18-16-14-12-10-8-6-4-2)57-89-73-69(87)66(84)71(61(55-78)91-73)94-75-70(88)67(85)72(62(56-79)92-75)93-74-68(86)65(83)64(82)60(54-77)90-74/h20,22,58-62,64-75,77-80,82-88H,3-19,21,23-57H2,1-2H3,(H,76,81)/b22-20-. The zero-order valence-electron chi connectivity index (χ0n) is 59.2. The van der Waals surface area contributed by atoms with Gasteiger partial charge in [-0.15, -0.1) is 0 Å². The second kappa shape index (κ2) is 57.2. The van der Waals surface area contributed by atoms with E-state index in [2.05, 4.69) is 31.3 Å². The van der Waals surface area contributed by atoms with Crippen LogP contribution >= 0.6 is 0 Å². The van der Waals surface area contributed by atoms with E-state index in [0.29, 0.717) is 12.8 Å². The van der Waals surface area contributed by atoms with Gasteiger partial charge in [0.05, 0.1) is 38.6 Å². The molecule has 3 rings (SSSR count). The first-order valence-electron chi connectivity index (χ1n) is 38.9. The van der Waals surface area contributed by atoms with E-state index in [-0.39, 0.29) is 18.9 Å². The Balaban J connectivity index is 1.36. The summed E-state index contributed by atoms with van der Waals surface area (Å²) >= 11 is 0. The first kappa shape index (κ1) is 86.8. The summed E-state index contributed by atoms with van der Waals surface area (Å²) in [7, 11) is 0. The van der Waals surface area contributed by atoms with Gasteiger partial charge >= 0.3 is 0 Å². The molecular weight excluding hydrogens is 1200 g/mol. The normalized spacial score (nSPS) is 27.4. The Morgan fingerprint density at radius 3 is 1.03 bits per heavy atom. The maximum atomic E-state index is 13.4. The molecule has 0 aromatic rings. The second-order valence-corrected chi connectivity index (χ2v) is 28.2. The number of rotatable bonds is 62. The lowest BCUT2D eigenvalue weighted by Gasteiger charge is -2.48. The molecule has 19 heteroatoms. The Bertz CT molecular complexity index is 1750. The van der Waals surface area contributed by atoms with Crippen molar-refractivity contribution in [2.45, 2.75) is 433 Å². The third-order valence-corrected chi connectivity index (χ3v) is 19.8. The van der Waals surface area contributed by atoms with Gasteiger partial charge in [-0.1, -0.05) is 296 Å². The number of allylic oxidation sites excluding steroid dienone is 2. The zero-order valence-corrected chi connectivity index (χ0v) is 59.2. The van der Waals surface area contributed by atoms with E-state index in [1.165, 1.54) is 238 Å². The van der Waals surface area contributed by atoms with Gasteiger partial charge in [-0.3, -0.25) is 4.79 Å². The lowest BCUT2D eigenvalue weighted by molar-refractivity contribution is -0.379. The largest absolute Gasteiger partial charge is 0.394 e. The molecule has 0 radical (unpaired) electrons. The van der Waals surface area contributed by atoms with Gasteiger partial charge in [0.25, 0.3) is 0 Å². The summed E-state index contributed by atoms with van der Waals surface area (Å²) in [5, 5.41) is 121. The predicted molar refractivity (Wildman–Crippen MR) is 370 cm³/mol. The molecule has 3 aliphatic heterocycles. The highest BCUT2D eigenvalue weighted by atomic mass is 16.8. The topological polar surface area (TPSA) is 307 Å². The third-order valence-electron chi connectivity index (χ3n) is 19.8. The monoisotopic (exact) mass is 1350 g/mol. The lowest BCUT2D eigenvalue weighted by atomic mass is 9.96. The zero-order chi connectivity index (χ0) is 68.2. The Morgan fingerprint density at radius 1 is 0.372 bits per heavy atom. The molecule has 3 saturated heterocycles. The Labute approximate surface area is 569 Å². The first-order valence-corrected chi connectivity index (χ1v) is 38.9. The van der Waals surface area contributed by atoms with Crippen molar-refractivity contribution in [3.05, 3.63) is 12.2 Å². The van der Waals surface area contributed by atoms with Gasteiger partial charge in [0.2, 0.25) is 5.91 Å². The summed E-state index contributed by atoms with van der Waals surface area (Å²) in [6, 6.07) is -0.888. The molecule has 0 saturated carbocycles. The Hall–Kier alpha value is -1.47. The molecule has 0 spiro atoms. The number of unbranched alkanes of at least 4 members (excludes halogenated alkanes) is 44. The molecule has 12 N–H and O–H groups in total. The number of hydrogen-bond donors (Lipinski definition) is 12. The number of amides is 1. The van der Waals surface area contributed by atoms with E-state index in [1.54, 1.807) is 0 Å². The van der Waals surface area contributed by atoms with Crippen molar-refractivity contribution in [2.75, 3.05) is 26.4 Å². The average molecular weight is 1350 g/mol. The van der Waals surface area contributed by atoms with Crippen molar-refractivity contribution < 1.29 is 89.4 Å². The molecule has 1 amide bonds. The minimum absolute atomic E-state index is 0.242. The molecule has 3 fully saturated rings. The number of carbonyl (C=O) groups is 1. The van der Waals surface area contributed by atoms with Gasteiger partial charge in [0.15, 0.2) is 18.9 Å². The SMILES string of the molecule is CCCCCCCCC/C=C\CCCCCCCCCC(=O)NC(COC1OC(CO)C(OC2OC(CO)C(OC3OC(CO)C(O)C(O)C3O)C(O)C2O)C(O)C1O)C(O)CCCCCCCCCCCCCCCCCCCCCCCCCCCCCCCCC. The molecule has 19 nitrogen and oxygen atoms in total. The van der Waals surface area contributed by atoms with Crippen LogP contribution in [0.1, 0.15) is 328 Å². The van der Waals surface area contributed by atoms with Gasteiger partial charge in [-0.05, 0) is 38.5 Å². The van der Waals surface area contributed by atoms with Gasteiger partial charge in [0, 0.05) is 6.42 Å². The van der Waals surface area contributed by atoms with Crippen LogP contribution in [0.5, 0.6) is 0 Å². The van der Waals surface area contributed by atoms with Gasteiger partial charge in [-0.25, -0.2) is 0 Å². The maximum absolute atomic E-state index is 13.4. The van der Waals surface area contributed by atoms with Crippen molar-refractivity contribution >= 4 is 5.91 Å². The van der Waals surface area contributed by atoms with Crippen LogP contribution in [0, 0.1) is 0 Å². The fourth-order valence-electron chi connectivity index (χ4n) is 13.5. The molecule has 556 valence electrons. The summed E-state index contributed by atoms with van der Waals surface area (Å²) < 4.78 is 34.5. The van der Waals surface area contributed by atoms with Gasteiger partial charge in [0.1, 0.15) is 73.2 Å². The molecule has 94 heavy (non-hydrogen) atoms. The highest BCUT2D eigenvalue weighted by Crippen LogP contribution is 2.33. The third kappa shape index (κ3) is 37.8. The number of carbonyl (C=O) groups excluding carboxylic acids is 1. The number of nitrogens with one attached hydrogen (secondary N) is 1. The number of ether oxygens (including phenoxy) is 6. The average Bonchev–Trinajstić information content (AvgIpc) is 0.787. The predicted octanol–water partition coefficient (Wildman–Crippen LogP) is 12.0. The van der Waals surface area contributed by atoms with Crippen LogP contribution in [0.25, 0.3) is 0 Å². The van der Waals surface area contributed by atoms with E-state index in [9.17, 15) is 61.0 Å². The summed E-state index contributed by atoms with van der Waals surface area (Å²) in [6.07, 6.45) is 38.8. The summed E-state index contributed by atoms with van der Waals surface area (Å²) in [5.41, 5.74) is 0. The molecular formula is C75H143NO18. The first-order chi connectivity index (χ1) is 45.8. The van der Waals surface area contributed by atoms with Crippen LogP contribution < -0.4 is 5.32 Å². The summed E-state index contributed by atoms with van der Waals surface area (Å²) in [5.74, 6) is -0.242. The maximum Gasteiger partial charge on any atom is 0.220 e. The molecule has 3 heterocycles. The molecule has 0 aromatic carbocycles. The van der Waals surface area contributed by atoms with Crippen molar-refractivity contribution in [2.24, 2.45) is 0 Å². The smallest absolute Gasteiger partial charge is 0.220 e. The Morgan fingerprint density at radius 2 is 0.670 bits per heavy atom. The van der Waals surface area contributed by atoms with Crippen molar-refractivity contribution in [1.82, 2.24) is 5.32 Å². The van der Waals surface area contributed by atoms with Crippen LogP contribution in [0.4, 0.5) is 0 Å². The number of hydrogen-bond acceptors (Lipinski definition) is 18. The molecule has 3 aliphatic rings. The van der Waals surface area contributed by atoms with Gasteiger partial charge in [-0.2, -0.15) is 0 Å².